The van der Waals surface area contributed by atoms with Crippen LogP contribution < -0.4 is 14.8 Å². The van der Waals surface area contributed by atoms with Crippen LogP contribution >= 0.6 is 11.6 Å². The molecular formula is C27H28ClN3O3. The fourth-order valence-electron chi connectivity index (χ4n) is 3.90. The minimum Gasteiger partial charge on any atom is -0.496 e. The van der Waals surface area contributed by atoms with Gasteiger partial charge in [0.15, 0.2) is 0 Å². The number of aryl methyl sites for hydroxylation is 2. The molecule has 0 unspecified atom stereocenters. The van der Waals surface area contributed by atoms with Gasteiger partial charge in [-0.15, -0.1) is 0 Å². The molecule has 1 N–H and O–H groups in total. The van der Waals surface area contributed by atoms with Crippen LogP contribution in [0.15, 0.2) is 66.7 Å². The second-order valence-corrected chi connectivity index (χ2v) is 8.39. The highest BCUT2D eigenvalue weighted by Crippen LogP contribution is 2.22. The van der Waals surface area contributed by atoms with Crippen LogP contribution in [0.4, 0.5) is 0 Å². The van der Waals surface area contributed by atoms with Gasteiger partial charge < -0.3 is 19.4 Å². The van der Waals surface area contributed by atoms with Gasteiger partial charge in [-0.2, -0.15) is 0 Å². The van der Waals surface area contributed by atoms with E-state index in [0.717, 1.165) is 46.2 Å². The van der Waals surface area contributed by atoms with Crippen molar-refractivity contribution in [3.63, 3.8) is 0 Å². The Morgan fingerprint density at radius 3 is 2.71 bits per heavy atom. The first kappa shape index (κ1) is 23.6. The maximum atomic E-state index is 12.6. The Hall–Kier alpha value is -3.51. The molecule has 4 aromatic rings. The summed E-state index contributed by atoms with van der Waals surface area (Å²) < 4.78 is 13.4. The zero-order valence-corrected chi connectivity index (χ0v) is 20.1. The van der Waals surface area contributed by atoms with E-state index in [1.165, 1.54) is 0 Å². The van der Waals surface area contributed by atoms with E-state index < -0.39 is 0 Å². The molecule has 176 valence electrons. The number of nitrogens with one attached hydrogen (secondary N) is 1. The van der Waals surface area contributed by atoms with Crippen LogP contribution in [-0.2, 0) is 13.0 Å². The highest BCUT2D eigenvalue weighted by Gasteiger charge is 2.13. The van der Waals surface area contributed by atoms with Crippen molar-refractivity contribution in [3.8, 4) is 11.5 Å². The largest absolute Gasteiger partial charge is 0.496 e. The Morgan fingerprint density at radius 2 is 1.88 bits per heavy atom. The Morgan fingerprint density at radius 1 is 1.09 bits per heavy atom. The first-order chi connectivity index (χ1) is 16.6. The number of methoxy groups -OCH3 is 1. The van der Waals surface area contributed by atoms with E-state index in [4.69, 9.17) is 26.1 Å². The summed E-state index contributed by atoms with van der Waals surface area (Å²) >= 11 is 6.10. The van der Waals surface area contributed by atoms with Gasteiger partial charge in [-0.1, -0.05) is 35.9 Å². The summed E-state index contributed by atoms with van der Waals surface area (Å²) in [4.78, 5) is 17.4. The summed E-state index contributed by atoms with van der Waals surface area (Å²) in [6.45, 7) is 3.78. The first-order valence-corrected chi connectivity index (χ1v) is 11.7. The molecular weight excluding hydrogens is 450 g/mol. The van der Waals surface area contributed by atoms with Gasteiger partial charge in [0, 0.05) is 24.5 Å². The van der Waals surface area contributed by atoms with Crippen molar-refractivity contribution in [2.24, 2.45) is 0 Å². The van der Waals surface area contributed by atoms with Crippen molar-refractivity contribution >= 4 is 28.5 Å². The van der Waals surface area contributed by atoms with Crippen molar-refractivity contribution in [1.29, 1.82) is 0 Å². The number of rotatable bonds is 10. The van der Waals surface area contributed by atoms with Gasteiger partial charge in [0.25, 0.3) is 5.91 Å². The standard InChI is InChI=1S/C27H28ClN3O3/c1-19-18-20(12-13-22(19)28)34-17-7-16-31-24-10-5-4-9-23(24)30-26(31)14-15-29-27(32)21-8-3-6-11-25(21)33-2/h3-6,8-13,18H,7,14-17H2,1-2H3,(H,29,32). The number of fused-ring (bicyclic) bond motifs is 1. The second-order valence-electron chi connectivity index (χ2n) is 7.99. The molecule has 6 nitrogen and oxygen atoms in total. The molecule has 0 aliphatic heterocycles. The lowest BCUT2D eigenvalue weighted by atomic mass is 10.2. The van der Waals surface area contributed by atoms with Crippen LogP contribution in [0.5, 0.6) is 11.5 Å². The van der Waals surface area contributed by atoms with E-state index in [0.29, 0.717) is 30.9 Å². The van der Waals surface area contributed by atoms with E-state index in [1.807, 2.05) is 55.5 Å². The molecule has 0 radical (unpaired) electrons. The van der Waals surface area contributed by atoms with E-state index in [2.05, 4.69) is 16.0 Å². The number of halogens is 1. The predicted molar refractivity (Wildman–Crippen MR) is 135 cm³/mol. The van der Waals surface area contributed by atoms with Crippen molar-refractivity contribution < 1.29 is 14.3 Å². The van der Waals surface area contributed by atoms with Crippen molar-refractivity contribution in [2.75, 3.05) is 20.3 Å². The third-order valence-electron chi connectivity index (χ3n) is 5.64. The van der Waals surface area contributed by atoms with Crippen LogP contribution in [0.1, 0.15) is 28.2 Å². The van der Waals surface area contributed by atoms with Gasteiger partial charge in [0.2, 0.25) is 0 Å². The quantitative estimate of drug-likeness (QED) is 0.308. The Bertz CT molecular complexity index is 1290. The Kier molecular flexibility index (Phi) is 7.70. The summed E-state index contributed by atoms with van der Waals surface area (Å²) in [5.74, 6) is 2.15. The third kappa shape index (κ3) is 5.51. The normalized spacial score (nSPS) is 10.9. The van der Waals surface area contributed by atoms with Gasteiger partial charge in [0.1, 0.15) is 17.3 Å². The fraction of sp³-hybridized carbons (Fsp3) is 0.259. The van der Waals surface area contributed by atoms with Gasteiger partial charge in [0.05, 0.1) is 30.3 Å². The number of aromatic nitrogens is 2. The average Bonchev–Trinajstić information content (AvgIpc) is 3.21. The van der Waals surface area contributed by atoms with Crippen LogP contribution in [-0.4, -0.2) is 35.7 Å². The zero-order chi connectivity index (χ0) is 23.9. The second kappa shape index (κ2) is 11.1. The smallest absolute Gasteiger partial charge is 0.255 e. The fourth-order valence-corrected chi connectivity index (χ4v) is 4.02. The predicted octanol–water partition coefficient (Wildman–Crippen LogP) is 5.45. The first-order valence-electron chi connectivity index (χ1n) is 11.3. The van der Waals surface area contributed by atoms with Crippen molar-refractivity contribution in [1.82, 2.24) is 14.9 Å². The number of benzene rings is 3. The highest BCUT2D eigenvalue weighted by molar-refractivity contribution is 6.31. The van der Waals surface area contributed by atoms with E-state index in [-0.39, 0.29) is 5.91 Å². The molecule has 1 amide bonds. The molecule has 0 aliphatic rings. The molecule has 0 saturated heterocycles. The van der Waals surface area contributed by atoms with Gasteiger partial charge in [-0.3, -0.25) is 4.79 Å². The third-order valence-corrected chi connectivity index (χ3v) is 6.07. The number of hydrogen-bond acceptors (Lipinski definition) is 4. The van der Waals surface area contributed by atoms with Crippen LogP contribution in [0.25, 0.3) is 11.0 Å². The van der Waals surface area contributed by atoms with Crippen molar-refractivity contribution in [3.05, 3.63) is 88.7 Å². The minimum atomic E-state index is -0.160. The molecule has 1 aromatic heterocycles. The Labute approximate surface area is 204 Å². The van der Waals surface area contributed by atoms with Gasteiger partial charge in [-0.05, 0) is 61.4 Å². The molecule has 7 heteroatoms. The number of imidazole rings is 1. The maximum absolute atomic E-state index is 12.6. The summed E-state index contributed by atoms with van der Waals surface area (Å²) in [6.07, 6.45) is 1.44. The lowest BCUT2D eigenvalue weighted by Crippen LogP contribution is -2.27. The number of carbonyl (C=O) groups is 1. The van der Waals surface area contributed by atoms with Crippen LogP contribution in [0.3, 0.4) is 0 Å². The summed E-state index contributed by atoms with van der Waals surface area (Å²) in [5.41, 5.74) is 3.55. The molecule has 34 heavy (non-hydrogen) atoms. The number of nitrogens with zero attached hydrogens (tertiary/aromatic N) is 2. The summed E-state index contributed by atoms with van der Waals surface area (Å²) in [5, 5.41) is 3.72. The number of amides is 1. The highest BCUT2D eigenvalue weighted by atomic mass is 35.5. The summed E-state index contributed by atoms with van der Waals surface area (Å²) in [7, 11) is 1.56. The minimum absolute atomic E-state index is 0.160. The Balaban J connectivity index is 1.38. The molecule has 0 saturated carbocycles. The van der Waals surface area contributed by atoms with Gasteiger partial charge in [-0.25, -0.2) is 4.98 Å². The molecule has 4 rings (SSSR count). The molecule has 3 aromatic carbocycles. The average molecular weight is 478 g/mol. The lowest BCUT2D eigenvalue weighted by molar-refractivity contribution is 0.0951. The van der Waals surface area contributed by atoms with E-state index in [9.17, 15) is 4.79 Å². The van der Waals surface area contributed by atoms with Crippen LogP contribution in [0, 0.1) is 6.92 Å². The monoisotopic (exact) mass is 477 g/mol. The van der Waals surface area contributed by atoms with Gasteiger partial charge >= 0.3 is 0 Å². The van der Waals surface area contributed by atoms with E-state index >= 15 is 0 Å². The SMILES string of the molecule is COc1ccccc1C(=O)NCCc1nc2ccccc2n1CCCOc1ccc(Cl)c(C)c1. The van der Waals surface area contributed by atoms with Crippen molar-refractivity contribution in [2.45, 2.75) is 26.3 Å². The maximum Gasteiger partial charge on any atom is 0.255 e. The molecule has 0 fully saturated rings. The molecule has 0 aliphatic carbocycles. The molecule has 1 heterocycles. The number of carbonyl (C=O) groups excluding carboxylic acids is 1. The molecule has 0 bridgehead atoms. The topological polar surface area (TPSA) is 65.4 Å². The van der Waals surface area contributed by atoms with Crippen LogP contribution in [0.2, 0.25) is 5.02 Å². The molecule has 0 spiro atoms. The summed E-state index contributed by atoms with van der Waals surface area (Å²) in [6, 6.07) is 21.0. The zero-order valence-electron chi connectivity index (χ0n) is 19.4. The number of hydrogen-bond donors (Lipinski definition) is 1. The number of para-hydroxylation sites is 3. The lowest BCUT2D eigenvalue weighted by Gasteiger charge is -2.12. The molecule has 0 atom stereocenters. The van der Waals surface area contributed by atoms with E-state index in [1.54, 1.807) is 19.2 Å². The number of ether oxygens (including phenoxy) is 2.